The molecule has 0 fully saturated rings. The fraction of sp³-hybridized carbons (Fsp3) is 0.500. The van der Waals surface area contributed by atoms with Gasteiger partial charge in [-0.2, -0.15) is 6.92 Å². The van der Waals surface area contributed by atoms with Gasteiger partial charge in [0.15, 0.2) is 0 Å². The van der Waals surface area contributed by atoms with Gasteiger partial charge in [-0.3, -0.25) is 0 Å². The van der Waals surface area contributed by atoms with Gasteiger partial charge in [0, 0.05) is 0 Å². The second-order valence-electron chi connectivity index (χ2n) is 0.175. The van der Waals surface area contributed by atoms with Gasteiger partial charge in [-0.25, -0.2) is 0 Å². The molecule has 0 saturated heterocycles. The summed E-state index contributed by atoms with van der Waals surface area (Å²) in [5.74, 6) is 0. The maximum atomic E-state index is 4.93. The van der Waals surface area contributed by atoms with E-state index in [2.05, 4.69) is 6.92 Å². The summed E-state index contributed by atoms with van der Waals surface area (Å²) >= 11 is -1.62. The van der Waals surface area contributed by atoms with E-state index >= 15 is 0 Å². The van der Waals surface area contributed by atoms with Crippen molar-refractivity contribution in [2.24, 2.45) is 0 Å². The molecule has 49 valence electrons. The molecule has 0 atom stereocenters. The van der Waals surface area contributed by atoms with Crippen molar-refractivity contribution in [1.82, 2.24) is 0 Å². The molecule has 1 nitrogen and oxygen atoms in total. The molecule has 5 heteroatoms. The molecule has 0 radical (unpaired) electrons. The van der Waals surface area contributed by atoms with Crippen molar-refractivity contribution < 1.29 is 11.4 Å². The Morgan fingerprint density at radius 2 is 1.14 bits per heavy atom. The van der Waals surface area contributed by atoms with Crippen LogP contribution in [0.2, 0.25) is 0 Å². The second kappa shape index (κ2) is 15.7. The molecular weight excluding hydrogens is 196 g/mol. The van der Waals surface area contributed by atoms with E-state index < -0.39 is 11.4 Å². The molecule has 2 N–H and O–H groups in total. The standard InChI is InChI=1S/C2H5.3ClH.Cr.H2N/c1-2;;;;;/h1H2,2H3;3*1H;;1H2/q-1;;;;+3;-1/p-3. The Hall–Kier alpha value is 1.36. The molecule has 0 aromatic rings. The molecule has 0 aromatic carbocycles. The SMILES string of the molecule is [CH2-]C.[Cl][Cr]([Cl])[Cl].[NH2-]. The van der Waals surface area contributed by atoms with Crippen molar-refractivity contribution in [2.45, 2.75) is 6.92 Å². The summed E-state index contributed by atoms with van der Waals surface area (Å²) in [7, 11) is 14.8. The Kier molecular flexibility index (Phi) is 35.3. The van der Waals surface area contributed by atoms with Gasteiger partial charge in [0.1, 0.15) is 0 Å². The van der Waals surface area contributed by atoms with Crippen molar-refractivity contribution in [3.05, 3.63) is 13.1 Å². The van der Waals surface area contributed by atoms with Crippen LogP contribution in [0.25, 0.3) is 6.15 Å². The Morgan fingerprint density at radius 3 is 1.14 bits per heavy atom. The van der Waals surface area contributed by atoms with Crippen LogP contribution in [0, 0.1) is 6.92 Å². The monoisotopic (exact) mass is 202 g/mol. The molecule has 0 bridgehead atoms. The van der Waals surface area contributed by atoms with Crippen LogP contribution < -0.4 is 0 Å². The van der Waals surface area contributed by atoms with Crippen molar-refractivity contribution in [3.8, 4) is 0 Å². The Morgan fingerprint density at radius 1 is 1.14 bits per heavy atom. The van der Waals surface area contributed by atoms with Crippen LogP contribution in [-0.2, 0) is 11.4 Å². The van der Waals surface area contributed by atoms with Gasteiger partial charge < -0.3 is 13.1 Å². The van der Waals surface area contributed by atoms with Crippen LogP contribution in [0.4, 0.5) is 0 Å². The minimum atomic E-state index is -1.62. The minimum Gasteiger partial charge on any atom is -0.693 e. The number of rotatable bonds is 0. The van der Waals surface area contributed by atoms with Gasteiger partial charge in [-0.15, -0.1) is 0 Å². The largest absolute Gasteiger partial charge is 0.693 e. The first-order valence-electron chi connectivity index (χ1n) is 1.17. The van der Waals surface area contributed by atoms with E-state index in [0.29, 0.717) is 0 Å². The van der Waals surface area contributed by atoms with Gasteiger partial charge >= 0.3 is 41.5 Å². The van der Waals surface area contributed by atoms with E-state index in [4.69, 9.17) is 30.1 Å². The van der Waals surface area contributed by atoms with Crippen molar-refractivity contribution in [3.63, 3.8) is 0 Å². The first-order valence-corrected chi connectivity index (χ1v) is 6.43. The zero-order chi connectivity index (χ0) is 5.58. The Labute approximate surface area is 61.5 Å². The predicted octanol–water partition coefficient (Wildman–Crippen LogP) is 3.62. The third kappa shape index (κ3) is 114. The predicted molar refractivity (Wildman–Crippen MR) is 33.9 cm³/mol. The van der Waals surface area contributed by atoms with Gasteiger partial charge in [0.2, 0.25) is 0 Å². The van der Waals surface area contributed by atoms with E-state index in [9.17, 15) is 0 Å². The topological polar surface area (TPSA) is 33.5 Å². The summed E-state index contributed by atoms with van der Waals surface area (Å²) in [4.78, 5) is 0. The van der Waals surface area contributed by atoms with Gasteiger partial charge in [-0.1, -0.05) is 0 Å². The summed E-state index contributed by atoms with van der Waals surface area (Å²) < 4.78 is 0. The first-order chi connectivity index (χ1) is 2.73. The van der Waals surface area contributed by atoms with Crippen molar-refractivity contribution in [2.75, 3.05) is 0 Å². The van der Waals surface area contributed by atoms with Crippen molar-refractivity contribution >= 4 is 30.1 Å². The van der Waals surface area contributed by atoms with Crippen LogP contribution >= 0.6 is 30.1 Å². The number of hydrogen-bond donors (Lipinski definition) is 0. The number of nitrogens with two attached hydrogens (primary N) is 1. The van der Waals surface area contributed by atoms with Crippen molar-refractivity contribution in [1.29, 1.82) is 0 Å². The average molecular weight is 203 g/mol. The molecule has 0 saturated carbocycles. The quantitative estimate of drug-likeness (QED) is 0.539. The molecule has 0 aromatic heterocycles. The normalized spacial score (nSPS) is 6.00. The van der Waals surface area contributed by atoms with E-state index in [1.54, 1.807) is 6.92 Å². The average Bonchev–Trinajstić information content (AvgIpc) is 1.41. The fourth-order valence-electron chi connectivity index (χ4n) is 0. The molecule has 0 heterocycles. The molecule has 7 heavy (non-hydrogen) atoms. The third-order valence-electron chi connectivity index (χ3n) is 0. The van der Waals surface area contributed by atoms with Gasteiger partial charge in [0.05, 0.1) is 0 Å². The summed E-state index contributed by atoms with van der Waals surface area (Å²) in [6.45, 7) is 5.00. The minimum absolute atomic E-state index is 0. The molecule has 0 rings (SSSR count). The smallest absolute Gasteiger partial charge is 0.693 e. The molecular formula is C2H7Cl3CrN-2. The molecule has 0 unspecified atom stereocenters. The number of halogens is 3. The van der Waals surface area contributed by atoms with E-state index in [-0.39, 0.29) is 6.15 Å². The Bertz CT molecular complexity index is 17.7. The molecule has 0 aliphatic carbocycles. The maximum absolute atomic E-state index is 4.93. The van der Waals surface area contributed by atoms with Crippen LogP contribution in [0.3, 0.4) is 0 Å². The van der Waals surface area contributed by atoms with E-state index in [1.165, 1.54) is 0 Å². The van der Waals surface area contributed by atoms with E-state index in [1.807, 2.05) is 0 Å². The summed E-state index contributed by atoms with van der Waals surface area (Å²) in [6.07, 6.45) is 0. The zero-order valence-corrected chi connectivity index (χ0v) is 7.37. The first kappa shape index (κ1) is 15.8. The third-order valence-corrected chi connectivity index (χ3v) is 0. The van der Waals surface area contributed by atoms with Crippen LogP contribution in [0.1, 0.15) is 6.92 Å². The molecule has 0 spiro atoms. The molecule has 0 amide bonds. The molecule has 0 aliphatic heterocycles. The van der Waals surface area contributed by atoms with E-state index in [0.717, 1.165) is 0 Å². The summed E-state index contributed by atoms with van der Waals surface area (Å²) in [5.41, 5.74) is 0. The van der Waals surface area contributed by atoms with Crippen LogP contribution in [-0.4, -0.2) is 0 Å². The van der Waals surface area contributed by atoms with Crippen LogP contribution in [0.15, 0.2) is 0 Å². The second-order valence-corrected chi connectivity index (χ2v) is 6.49. The molecule has 0 aliphatic rings. The summed E-state index contributed by atoms with van der Waals surface area (Å²) in [5, 5.41) is 0. The number of hydrogen-bond acceptors (Lipinski definition) is 0. The van der Waals surface area contributed by atoms with Crippen LogP contribution in [0.5, 0.6) is 0 Å². The van der Waals surface area contributed by atoms with Gasteiger partial charge in [0.25, 0.3) is 0 Å². The van der Waals surface area contributed by atoms with Gasteiger partial charge in [-0.05, 0) is 0 Å². The fourth-order valence-corrected chi connectivity index (χ4v) is 0. The summed E-state index contributed by atoms with van der Waals surface area (Å²) in [6, 6.07) is 0. The maximum Gasteiger partial charge on any atom is -0.693 e. The Balaban J connectivity index is -0.0000000480. The zero-order valence-electron chi connectivity index (χ0n) is 3.83.